The van der Waals surface area contributed by atoms with E-state index in [9.17, 15) is 4.79 Å². The Labute approximate surface area is 127 Å². The molecule has 3 nitrogen and oxygen atoms in total. The number of hydrogen-bond donors (Lipinski definition) is 1. The molecular weight excluding hydrogens is 324 g/mol. The van der Waals surface area contributed by atoms with Crippen LogP contribution >= 0.6 is 27.3 Å². The average Bonchev–Trinajstić information content (AvgIpc) is 2.82. The predicted molar refractivity (Wildman–Crippen MR) is 83.3 cm³/mol. The summed E-state index contributed by atoms with van der Waals surface area (Å²) in [5.74, 6) is 0.939. The van der Waals surface area contributed by atoms with Crippen LogP contribution in [0.15, 0.2) is 15.2 Å². The first-order valence-electron chi connectivity index (χ1n) is 6.82. The average molecular weight is 345 g/mol. The lowest BCUT2D eigenvalue weighted by atomic mass is 9.94. The van der Waals surface area contributed by atoms with E-state index in [1.54, 1.807) is 11.3 Å². The van der Waals surface area contributed by atoms with Crippen LogP contribution in [0.1, 0.15) is 31.2 Å². The summed E-state index contributed by atoms with van der Waals surface area (Å²) in [7, 11) is 1.90. The molecule has 0 spiro atoms. The van der Waals surface area contributed by atoms with E-state index < -0.39 is 0 Å². The maximum absolute atomic E-state index is 12.1. The first kappa shape index (κ1) is 15.0. The summed E-state index contributed by atoms with van der Waals surface area (Å²) in [6.45, 7) is 2.93. The van der Waals surface area contributed by atoms with Crippen LogP contribution in [-0.4, -0.2) is 30.9 Å². The number of amides is 1. The highest BCUT2D eigenvalue weighted by atomic mass is 79.9. The minimum absolute atomic E-state index is 0.257. The van der Waals surface area contributed by atoms with Crippen LogP contribution in [0.25, 0.3) is 0 Å². The summed E-state index contributed by atoms with van der Waals surface area (Å²) in [4.78, 5) is 13.9. The first-order chi connectivity index (χ1) is 9.15. The van der Waals surface area contributed by atoms with Crippen molar-refractivity contribution in [1.29, 1.82) is 0 Å². The molecule has 5 heteroatoms. The van der Waals surface area contributed by atoms with Crippen molar-refractivity contribution in [2.24, 2.45) is 5.92 Å². The van der Waals surface area contributed by atoms with Gasteiger partial charge in [-0.25, -0.2) is 0 Å². The van der Waals surface area contributed by atoms with Crippen LogP contribution in [0.3, 0.4) is 0 Å². The summed E-state index contributed by atoms with van der Waals surface area (Å²) >= 11 is 5.11. The fraction of sp³-hybridized carbons (Fsp3) is 0.643. The number of carbonyl (C=O) groups is 1. The molecule has 1 amide bonds. The van der Waals surface area contributed by atoms with Gasteiger partial charge in [-0.3, -0.25) is 4.79 Å². The zero-order valence-electron chi connectivity index (χ0n) is 11.3. The zero-order valence-corrected chi connectivity index (χ0v) is 13.7. The van der Waals surface area contributed by atoms with E-state index in [0.717, 1.165) is 23.3 Å². The molecule has 1 aliphatic rings. The Morgan fingerprint density at radius 1 is 1.63 bits per heavy atom. The molecule has 0 bridgehead atoms. The molecule has 0 aliphatic carbocycles. The van der Waals surface area contributed by atoms with Crippen molar-refractivity contribution in [1.82, 2.24) is 10.2 Å². The molecular formula is C14H21BrN2OS. The van der Waals surface area contributed by atoms with Crippen LogP contribution in [0, 0.1) is 5.92 Å². The molecule has 0 saturated carbocycles. The second-order valence-electron chi connectivity index (χ2n) is 5.26. The van der Waals surface area contributed by atoms with Gasteiger partial charge in [0, 0.05) is 20.0 Å². The van der Waals surface area contributed by atoms with Gasteiger partial charge >= 0.3 is 0 Å². The predicted octanol–water partition coefficient (Wildman–Crippen LogP) is 3.25. The van der Waals surface area contributed by atoms with Crippen molar-refractivity contribution in [3.05, 3.63) is 20.8 Å². The molecule has 2 rings (SSSR count). The number of nitrogens with one attached hydrogen (secondary N) is 1. The molecule has 1 saturated heterocycles. The quantitative estimate of drug-likeness (QED) is 0.889. The highest BCUT2D eigenvalue weighted by Crippen LogP contribution is 2.22. The van der Waals surface area contributed by atoms with Gasteiger partial charge in [0.05, 0.1) is 3.79 Å². The Hall–Kier alpha value is -0.390. The number of carbonyl (C=O) groups excluding carboxylic acids is 1. The molecule has 19 heavy (non-hydrogen) atoms. The van der Waals surface area contributed by atoms with E-state index in [0.29, 0.717) is 18.9 Å². The molecule has 0 radical (unpaired) electrons. The Morgan fingerprint density at radius 3 is 3.11 bits per heavy atom. The van der Waals surface area contributed by atoms with Gasteiger partial charge in [0.15, 0.2) is 0 Å². The van der Waals surface area contributed by atoms with Crippen LogP contribution in [-0.2, 0) is 11.3 Å². The van der Waals surface area contributed by atoms with Gasteiger partial charge in [-0.1, -0.05) is 0 Å². The lowest BCUT2D eigenvalue weighted by Crippen LogP contribution is -2.31. The third-order valence-corrected chi connectivity index (χ3v) is 5.19. The third kappa shape index (κ3) is 4.89. The molecule has 1 atom stereocenters. The summed E-state index contributed by atoms with van der Waals surface area (Å²) in [6.07, 6.45) is 4.21. The maximum Gasteiger partial charge on any atom is 0.222 e. The van der Waals surface area contributed by atoms with Crippen molar-refractivity contribution in [2.45, 2.75) is 32.2 Å². The van der Waals surface area contributed by atoms with Crippen molar-refractivity contribution in [2.75, 3.05) is 20.1 Å². The largest absolute Gasteiger partial charge is 0.341 e. The maximum atomic E-state index is 12.1. The summed E-state index contributed by atoms with van der Waals surface area (Å²) in [5, 5.41) is 5.50. The van der Waals surface area contributed by atoms with Crippen LogP contribution in [0.4, 0.5) is 0 Å². The van der Waals surface area contributed by atoms with Crippen molar-refractivity contribution in [3.63, 3.8) is 0 Å². The lowest BCUT2D eigenvalue weighted by molar-refractivity contribution is -0.130. The first-order valence-corrected chi connectivity index (χ1v) is 8.50. The van der Waals surface area contributed by atoms with Crippen molar-refractivity contribution < 1.29 is 4.79 Å². The molecule has 1 aliphatic heterocycles. The zero-order chi connectivity index (χ0) is 13.7. The van der Waals surface area contributed by atoms with Crippen LogP contribution in [0.5, 0.6) is 0 Å². The Bertz CT molecular complexity index is 415. The van der Waals surface area contributed by atoms with Gasteiger partial charge in [-0.05, 0) is 71.2 Å². The topological polar surface area (TPSA) is 32.3 Å². The molecule has 1 aromatic rings. The minimum atomic E-state index is 0.257. The van der Waals surface area contributed by atoms with Gasteiger partial charge in [0.1, 0.15) is 0 Å². The Kier molecular flexibility index (Phi) is 5.85. The number of halogens is 1. The number of nitrogens with zero attached hydrogens (tertiary/aromatic N) is 1. The van der Waals surface area contributed by atoms with Crippen LogP contribution < -0.4 is 5.32 Å². The molecule has 106 valence electrons. The highest BCUT2D eigenvalue weighted by molar-refractivity contribution is 9.11. The van der Waals surface area contributed by atoms with Crippen molar-refractivity contribution in [3.8, 4) is 0 Å². The lowest BCUT2D eigenvalue weighted by Gasteiger charge is -2.23. The summed E-state index contributed by atoms with van der Waals surface area (Å²) in [6, 6.07) is 2.08. The monoisotopic (exact) mass is 344 g/mol. The molecule has 1 unspecified atom stereocenters. The molecule has 0 aromatic carbocycles. The summed E-state index contributed by atoms with van der Waals surface area (Å²) < 4.78 is 1.12. The fourth-order valence-corrected chi connectivity index (χ4v) is 3.68. The number of piperidine rings is 1. The standard InChI is InChI=1S/C14H21BrN2OS/c1-17(9-12-7-13(15)19-10-12)14(18)5-4-11-3-2-6-16-8-11/h7,10-11,16H,2-6,8-9H2,1H3. The normalized spacial score (nSPS) is 19.4. The van der Waals surface area contributed by atoms with E-state index in [1.807, 2.05) is 11.9 Å². The van der Waals surface area contributed by atoms with Gasteiger partial charge in [-0.2, -0.15) is 0 Å². The van der Waals surface area contributed by atoms with Crippen LogP contribution in [0.2, 0.25) is 0 Å². The smallest absolute Gasteiger partial charge is 0.222 e. The second-order valence-corrected chi connectivity index (χ2v) is 7.55. The van der Waals surface area contributed by atoms with Gasteiger partial charge in [0.2, 0.25) is 5.91 Å². The number of thiophene rings is 1. The SMILES string of the molecule is CN(Cc1csc(Br)c1)C(=O)CCC1CCCNC1. The second kappa shape index (κ2) is 7.41. The number of hydrogen-bond acceptors (Lipinski definition) is 3. The van der Waals surface area contributed by atoms with E-state index >= 15 is 0 Å². The fourth-order valence-electron chi connectivity index (χ4n) is 2.48. The molecule has 1 aromatic heterocycles. The number of rotatable bonds is 5. The minimum Gasteiger partial charge on any atom is -0.341 e. The molecule has 1 fully saturated rings. The van der Waals surface area contributed by atoms with E-state index in [-0.39, 0.29) is 5.91 Å². The molecule has 1 N–H and O–H groups in total. The summed E-state index contributed by atoms with van der Waals surface area (Å²) in [5.41, 5.74) is 1.20. The van der Waals surface area contributed by atoms with Gasteiger partial charge < -0.3 is 10.2 Å². The van der Waals surface area contributed by atoms with Gasteiger partial charge in [0.25, 0.3) is 0 Å². The van der Waals surface area contributed by atoms with Gasteiger partial charge in [-0.15, -0.1) is 11.3 Å². The Morgan fingerprint density at radius 2 is 2.47 bits per heavy atom. The van der Waals surface area contributed by atoms with E-state index in [4.69, 9.17) is 0 Å². The van der Waals surface area contributed by atoms with E-state index in [1.165, 1.54) is 18.4 Å². The highest BCUT2D eigenvalue weighted by Gasteiger charge is 2.16. The van der Waals surface area contributed by atoms with E-state index in [2.05, 4.69) is 32.7 Å². The third-order valence-electron chi connectivity index (χ3n) is 3.63. The molecule has 2 heterocycles. The van der Waals surface area contributed by atoms with Crippen molar-refractivity contribution >= 4 is 33.2 Å². The Balaban J connectivity index is 1.72.